The highest BCUT2D eigenvalue weighted by molar-refractivity contribution is 5.66. The van der Waals surface area contributed by atoms with Gasteiger partial charge in [-0.05, 0) is 37.0 Å². The molecule has 7 nitrogen and oxygen atoms in total. The highest BCUT2D eigenvalue weighted by atomic mass is 16.6. The Morgan fingerprint density at radius 3 is 2.41 bits per heavy atom. The van der Waals surface area contributed by atoms with E-state index in [0.717, 1.165) is 37.1 Å². The minimum Gasteiger partial charge on any atom is -0.352 e. The van der Waals surface area contributed by atoms with E-state index in [1.807, 2.05) is 54.7 Å². The Bertz CT molecular complexity index is 1110. The van der Waals surface area contributed by atoms with Crippen LogP contribution in [0.2, 0.25) is 0 Å². The Balaban J connectivity index is 1.50. The molecule has 5 rings (SSSR count). The van der Waals surface area contributed by atoms with E-state index in [9.17, 15) is 10.1 Å². The molecule has 1 saturated carbocycles. The molecule has 0 spiro atoms. The number of hydrogen-bond acceptors (Lipinski definition) is 5. The summed E-state index contributed by atoms with van der Waals surface area (Å²) in [5.41, 5.74) is 3.93. The lowest BCUT2D eigenvalue weighted by molar-refractivity contribution is -0.429. The van der Waals surface area contributed by atoms with Crippen molar-refractivity contribution in [1.82, 2.24) is 19.6 Å². The van der Waals surface area contributed by atoms with Crippen LogP contribution < -0.4 is 0 Å². The summed E-state index contributed by atoms with van der Waals surface area (Å²) in [6.07, 6.45) is 7.95. The minimum atomic E-state index is -0.199. The number of para-hydroxylation sites is 1. The molecule has 1 aliphatic carbocycles. The maximum Gasteiger partial charge on any atom is 0.284 e. The number of rotatable bonds is 7. The number of nitrogens with zero attached hydrogens (tertiary/aromatic N) is 5. The van der Waals surface area contributed by atoms with Gasteiger partial charge in [0.1, 0.15) is 5.70 Å². The first-order valence-corrected chi connectivity index (χ1v) is 11.2. The van der Waals surface area contributed by atoms with Gasteiger partial charge in [0.05, 0.1) is 30.0 Å². The molecule has 0 saturated heterocycles. The van der Waals surface area contributed by atoms with Crippen LogP contribution >= 0.6 is 0 Å². The molecular weight excluding hydrogens is 402 g/mol. The van der Waals surface area contributed by atoms with Crippen LogP contribution in [0.25, 0.3) is 11.4 Å². The van der Waals surface area contributed by atoms with Crippen molar-refractivity contribution in [1.29, 1.82) is 0 Å². The molecule has 3 aromatic rings. The van der Waals surface area contributed by atoms with E-state index in [1.54, 1.807) is 10.9 Å². The first kappa shape index (κ1) is 20.5. The predicted molar refractivity (Wildman–Crippen MR) is 124 cm³/mol. The van der Waals surface area contributed by atoms with Gasteiger partial charge in [0.2, 0.25) is 0 Å². The van der Waals surface area contributed by atoms with E-state index in [1.165, 1.54) is 12.0 Å². The molecule has 2 aromatic carbocycles. The molecule has 0 unspecified atom stereocenters. The summed E-state index contributed by atoms with van der Waals surface area (Å²) in [6, 6.07) is 20.6. The first-order valence-electron chi connectivity index (χ1n) is 11.2. The van der Waals surface area contributed by atoms with Crippen molar-refractivity contribution >= 4 is 5.70 Å². The molecule has 1 aromatic heterocycles. The van der Waals surface area contributed by atoms with Crippen LogP contribution in [-0.4, -0.2) is 50.3 Å². The van der Waals surface area contributed by atoms with Crippen LogP contribution in [0.1, 0.15) is 30.4 Å². The summed E-state index contributed by atoms with van der Waals surface area (Å²) in [5.74, 6) is 0. The second-order valence-corrected chi connectivity index (χ2v) is 8.53. The Morgan fingerprint density at radius 1 is 1.03 bits per heavy atom. The highest BCUT2D eigenvalue weighted by Gasteiger charge is 2.38. The fraction of sp³-hybridized carbons (Fsp3) is 0.320. The van der Waals surface area contributed by atoms with Gasteiger partial charge < -0.3 is 4.90 Å². The van der Waals surface area contributed by atoms with Crippen LogP contribution in [0.15, 0.2) is 78.8 Å². The van der Waals surface area contributed by atoms with Gasteiger partial charge in [0.25, 0.3) is 5.70 Å². The summed E-state index contributed by atoms with van der Waals surface area (Å²) >= 11 is 0. The van der Waals surface area contributed by atoms with Crippen LogP contribution in [0.5, 0.6) is 0 Å². The highest BCUT2D eigenvalue weighted by Crippen LogP contribution is 2.34. The third kappa shape index (κ3) is 4.16. The lowest BCUT2D eigenvalue weighted by Crippen LogP contribution is -2.51. The average molecular weight is 430 g/mol. The molecule has 32 heavy (non-hydrogen) atoms. The molecule has 164 valence electrons. The molecule has 0 bridgehead atoms. The molecule has 0 radical (unpaired) electrons. The molecule has 2 heterocycles. The fourth-order valence-electron chi connectivity index (χ4n) is 4.54. The van der Waals surface area contributed by atoms with Gasteiger partial charge in [-0.1, -0.05) is 55.0 Å². The lowest BCUT2D eigenvalue weighted by Gasteiger charge is -2.43. The van der Waals surface area contributed by atoms with Crippen molar-refractivity contribution in [3.8, 4) is 5.69 Å². The Morgan fingerprint density at radius 2 is 1.75 bits per heavy atom. The van der Waals surface area contributed by atoms with Crippen molar-refractivity contribution < 1.29 is 4.92 Å². The molecule has 2 aliphatic rings. The van der Waals surface area contributed by atoms with Gasteiger partial charge in [0.15, 0.2) is 0 Å². The maximum absolute atomic E-state index is 12.2. The fourth-order valence-corrected chi connectivity index (χ4v) is 4.54. The van der Waals surface area contributed by atoms with Crippen LogP contribution in [0.3, 0.4) is 0 Å². The van der Waals surface area contributed by atoms with E-state index in [4.69, 9.17) is 0 Å². The average Bonchev–Trinajstić information content (AvgIpc) is 3.27. The van der Waals surface area contributed by atoms with E-state index >= 15 is 0 Å². The number of nitro groups is 1. The normalized spacial score (nSPS) is 17.4. The SMILES string of the molecule is O=[N+]([O-])C1=C(c2cnn(-c3ccccc3)c2)N(CCc2ccccc2)CN(C2CCC2)C1. The summed E-state index contributed by atoms with van der Waals surface area (Å²) in [4.78, 5) is 16.4. The number of benzene rings is 2. The third-order valence-corrected chi connectivity index (χ3v) is 6.50. The quantitative estimate of drug-likeness (QED) is 0.416. The van der Waals surface area contributed by atoms with Crippen molar-refractivity contribution in [2.45, 2.75) is 31.7 Å². The minimum absolute atomic E-state index is 0.199. The Kier molecular flexibility index (Phi) is 5.73. The van der Waals surface area contributed by atoms with Gasteiger partial charge >= 0.3 is 0 Å². The number of aromatic nitrogens is 2. The van der Waals surface area contributed by atoms with Crippen LogP contribution in [-0.2, 0) is 6.42 Å². The first-order chi connectivity index (χ1) is 15.7. The van der Waals surface area contributed by atoms with E-state index in [2.05, 4.69) is 27.0 Å². The van der Waals surface area contributed by atoms with E-state index in [-0.39, 0.29) is 10.6 Å². The molecule has 0 atom stereocenters. The molecule has 1 fully saturated rings. The molecular formula is C25H27N5O2. The molecule has 1 aliphatic heterocycles. The van der Waals surface area contributed by atoms with Gasteiger partial charge in [-0.3, -0.25) is 15.0 Å². The van der Waals surface area contributed by atoms with Gasteiger partial charge in [-0.25, -0.2) is 4.68 Å². The van der Waals surface area contributed by atoms with E-state index in [0.29, 0.717) is 25.0 Å². The second-order valence-electron chi connectivity index (χ2n) is 8.53. The summed E-state index contributed by atoms with van der Waals surface area (Å²) in [5, 5.41) is 16.7. The zero-order valence-electron chi connectivity index (χ0n) is 18.0. The molecule has 7 heteroatoms. The van der Waals surface area contributed by atoms with Gasteiger partial charge in [-0.15, -0.1) is 0 Å². The van der Waals surface area contributed by atoms with Crippen molar-refractivity contribution in [3.05, 3.63) is 100.0 Å². The summed E-state index contributed by atoms with van der Waals surface area (Å²) < 4.78 is 1.79. The number of hydrogen-bond donors (Lipinski definition) is 0. The second kappa shape index (κ2) is 8.96. The Labute approximate surface area is 187 Å². The monoisotopic (exact) mass is 429 g/mol. The standard InChI is InChI=1S/C25H27N5O2/c31-30(32)24-18-28(22-12-7-13-22)19-27(15-14-20-8-3-1-4-9-20)25(24)21-16-26-29(17-21)23-10-5-2-6-11-23/h1-6,8-11,16-17,22H,7,12-15,18-19H2. The summed E-state index contributed by atoms with van der Waals surface area (Å²) in [6.45, 7) is 1.81. The van der Waals surface area contributed by atoms with Gasteiger partial charge in [-0.2, -0.15) is 5.10 Å². The van der Waals surface area contributed by atoms with Crippen molar-refractivity contribution in [2.75, 3.05) is 19.8 Å². The smallest absolute Gasteiger partial charge is 0.284 e. The van der Waals surface area contributed by atoms with Crippen LogP contribution in [0, 0.1) is 10.1 Å². The maximum atomic E-state index is 12.2. The molecule has 0 amide bonds. The van der Waals surface area contributed by atoms with Gasteiger partial charge in [0, 0.05) is 24.3 Å². The predicted octanol–water partition coefficient (Wildman–Crippen LogP) is 4.19. The largest absolute Gasteiger partial charge is 0.352 e. The topological polar surface area (TPSA) is 67.4 Å². The lowest BCUT2D eigenvalue weighted by atomic mass is 9.91. The Hall–Kier alpha value is -3.45. The van der Waals surface area contributed by atoms with E-state index < -0.39 is 0 Å². The van der Waals surface area contributed by atoms with Crippen LogP contribution in [0.4, 0.5) is 0 Å². The summed E-state index contributed by atoms with van der Waals surface area (Å²) in [7, 11) is 0. The molecule has 0 N–H and O–H groups in total. The zero-order chi connectivity index (χ0) is 21.9. The van der Waals surface area contributed by atoms with Crippen molar-refractivity contribution in [3.63, 3.8) is 0 Å². The van der Waals surface area contributed by atoms with Crippen molar-refractivity contribution in [2.24, 2.45) is 0 Å². The third-order valence-electron chi connectivity index (χ3n) is 6.50. The zero-order valence-corrected chi connectivity index (χ0v) is 18.0.